The second kappa shape index (κ2) is 6.50. The summed E-state index contributed by atoms with van der Waals surface area (Å²) in [4.78, 5) is 25.4. The summed E-state index contributed by atoms with van der Waals surface area (Å²) >= 11 is 1.81. The minimum atomic E-state index is -1.17. The highest BCUT2D eigenvalue weighted by atomic mass is 32.2. The van der Waals surface area contributed by atoms with Crippen molar-refractivity contribution in [3.05, 3.63) is 59.0 Å². The molecule has 1 aromatic carbocycles. The fourth-order valence-electron chi connectivity index (χ4n) is 2.62. The maximum Gasteiger partial charge on any atom is 0.371 e. The Morgan fingerprint density at radius 2 is 1.87 bits per heavy atom. The number of carboxylic acid groups (broad SMARTS) is 1. The molecular weight excluding hydrogens is 314 g/mol. The number of hydrogen-bond donors (Lipinski definition) is 1. The van der Waals surface area contributed by atoms with E-state index < -0.39 is 5.97 Å². The molecule has 23 heavy (non-hydrogen) atoms. The average molecular weight is 331 g/mol. The first-order valence-corrected chi connectivity index (χ1v) is 8.50. The van der Waals surface area contributed by atoms with Gasteiger partial charge in [0.15, 0.2) is 5.76 Å². The number of rotatable bonds is 3. The van der Waals surface area contributed by atoms with Gasteiger partial charge in [0.05, 0.1) is 6.04 Å². The molecular formula is C17H17NO4S. The molecule has 1 saturated heterocycles. The van der Waals surface area contributed by atoms with Crippen LogP contribution in [0.25, 0.3) is 0 Å². The van der Waals surface area contributed by atoms with E-state index in [1.54, 1.807) is 4.90 Å². The van der Waals surface area contributed by atoms with Gasteiger partial charge in [-0.2, -0.15) is 11.8 Å². The Kier molecular flexibility index (Phi) is 4.43. The first kappa shape index (κ1) is 15.7. The lowest BCUT2D eigenvalue weighted by Gasteiger charge is -2.35. The summed E-state index contributed by atoms with van der Waals surface area (Å²) < 4.78 is 5.17. The zero-order chi connectivity index (χ0) is 16.4. The number of carbonyl (C=O) groups excluding carboxylic acids is 1. The number of amides is 1. The SMILES string of the molecule is Cc1ccc(C2CSCCN2C(=O)c2ccc(C(=O)O)o2)cc1. The third kappa shape index (κ3) is 3.27. The van der Waals surface area contributed by atoms with E-state index in [-0.39, 0.29) is 23.5 Å². The van der Waals surface area contributed by atoms with Crippen LogP contribution in [-0.4, -0.2) is 39.9 Å². The van der Waals surface area contributed by atoms with Crippen molar-refractivity contribution in [2.24, 2.45) is 0 Å². The van der Waals surface area contributed by atoms with E-state index in [9.17, 15) is 9.59 Å². The number of carbonyl (C=O) groups is 2. The van der Waals surface area contributed by atoms with Crippen LogP contribution in [0.2, 0.25) is 0 Å². The second-order valence-corrected chi connectivity index (χ2v) is 6.62. The van der Waals surface area contributed by atoms with Crippen LogP contribution in [0, 0.1) is 6.92 Å². The van der Waals surface area contributed by atoms with Gasteiger partial charge in [-0.25, -0.2) is 4.79 Å². The number of aromatic carboxylic acids is 1. The molecule has 0 radical (unpaired) electrons. The van der Waals surface area contributed by atoms with Gasteiger partial charge in [-0.1, -0.05) is 29.8 Å². The summed E-state index contributed by atoms with van der Waals surface area (Å²) in [7, 11) is 0. The van der Waals surface area contributed by atoms with Crippen LogP contribution in [0.4, 0.5) is 0 Å². The van der Waals surface area contributed by atoms with Gasteiger partial charge in [-0.3, -0.25) is 4.79 Å². The van der Waals surface area contributed by atoms with Gasteiger partial charge < -0.3 is 14.4 Å². The van der Waals surface area contributed by atoms with E-state index in [4.69, 9.17) is 9.52 Å². The van der Waals surface area contributed by atoms with Crippen molar-refractivity contribution in [1.29, 1.82) is 0 Å². The Labute approximate surface area is 138 Å². The first-order valence-electron chi connectivity index (χ1n) is 7.34. The number of nitrogens with zero attached hydrogens (tertiary/aromatic N) is 1. The topological polar surface area (TPSA) is 70.8 Å². The highest BCUT2D eigenvalue weighted by molar-refractivity contribution is 7.99. The van der Waals surface area contributed by atoms with Crippen molar-refractivity contribution in [3.63, 3.8) is 0 Å². The standard InChI is InChI=1S/C17H17NO4S/c1-11-2-4-12(5-3-11)13-10-23-9-8-18(13)16(19)14-6-7-15(22-14)17(20)21/h2-7,13H,8-10H2,1H3,(H,20,21). The second-order valence-electron chi connectivity index (χ2n) is 5.47. The lowest BCUT2D eigenvalue weighted by molar-refractivity contribution is 0.0634. The predicted octanol–water partition coefficient (Wildman–Crippen LogP) is 3.22. The summed E-state index contributed by atoms with van der Waals surface area (Å²) in [6.45, 7) is 2.64. The molecule has 0 saturated carbocycles. The fraction of sp³-hybridized carbons (Fsp3) is 0.294. The highest BCUT2D eigenvalue weighted by Crippen LogP contribution is 2.31. The van der Waals surface area contributed by atoms with Crippen LogP contribution in [-0.2, 0) is 0 Å². The van der Waals surface area contributed by atoms with Crippen LogP contribution in [0.15, 0.2) is 40.8 Å². The monoisotopic (exact) mass is 331 g/mol. The maximum absolute atomic E-state index is 12.7. The van der Waals surface area contributed by atoms with Crippen molar-refractivity contribution >= 4 is 23.6 Å². The first-order chi connectivity index (χ1) is 11.1. The molecule has 0 aliphatic carbocycles. The van der Waals surface area contributed by atoms with Crippen molar-refractivity contribution in [2.75, 3.05) is 18.1 Å². The molecule has 1 aliphatic rings. The minimum Gasteiger partial charge on any atom is -0.475 e. The van der Waals surface area contributed by atoms with Gasteiger partial charge in [0.25, 0.3) is 5.91 Å². The van der Waals surface area contributed by atoms with Gasteiger partial charge >= 0.3 is 5.97 Å². The van der Waals surface area contributed by atoms with Crippen molar-refractivity contribution in [1.82, 2.24) is 4.90 Å². The summed E-state index contributed by atoms with van der Waals surface area (Å²) in [6.07, 6.45) is 0. The number of thioether (sulfide) groups is 1. The lowest BCUT2D eigenvalue weighted by Crippen LogP contribution is -2.40. The molecule has 3 rings (SSSR count). The Morgan fingerprint density at radius 1 is 1.17 bits per heavy atom. The Balaban J connectivity index is 1.86. The summed E-state index contributed by atoms with van der Waals surface area (Å²) in [5, 5.41) is 8.92. The van der Waals surface area contributed by atoms with Crippen molar-refractivity contribution in [2.45, 2.75) is 13.0 Å². The molecule has 6 heteroatoms. The number of carboxylic acids is 1. The molecule has 5 nitrogen and oxygen atoms in total. The summed E-state index contributed by atoms with van der Waals surface area (Å²) in [5.74, 6) is 0.108. The molecule has 0 spiro atoms. The quantitative estimate of drug-likeness (QED) is 0.935. The summed E-state index contributed by atoms with van der Waals surface area (Å²) in [6, 6.07) is 10.9. The highest BCUT2D eigenvalue weighted by Gasteiger charge is 2.31. The largest absolute Gasteiger partial charge is 0.475 e. The van der Waals surface area contributed by atoms with Gasteiger partial charge in [0.1, 0.15) is 0 Å². The number of furan rings is 1. The molecule has 1 atom stereocenters. The Bertz CT molecular complexity index is 722. The van der Waals surface area contributed by atoms with E-state index in [1.165, 1.54) is 17.7 Å². The molecule has 120 valence electrons. The van der Waals surface area contributed by atoms with E-state index in [0.717, 1.165) is 17.1 Å². The smallest absolute Gasteiger partial charge is 0.371 e. The van der Waals surface area contributed by atoms with E-state index in [2.05, 4.69) is 0 Å². The predicted molar refractivity (Wildman–Crippen MR) is 87.9 cm³/mol. The van der Waals surface area contributed by atoms with E-state index in [0.29, 0.717) is 6.54 Å². The molecule has 1 aliphatic heterocycles. The molecule has 2 aromatic rings. The van der Waals surface area contributed by atoms with Gasteiger partial charge in [0, 0.05) is 18.1 Å². The zero-order valence-corrected chi connectivity index (χ0v) is 13.5. The molecule has 0 bridgehead atoms. The molecule has 2 heterocycles. The van der Waals surface area contributed by atoms with E-state index in [1.807, 2.05) is 43.0 Å². The molecule has 1 unspecified atom stereocenters. The van der Waals surface area contributed by atoms with Crippen LogP contribution < -0.4 is 0 Å². The van der Waals surface area contributed by atoms with Crippen LogP contribution in [0.1, 0.15) is 38.3 Å². The molecule has 1 N–H and O–H groups in total. The number of benzene rings is 1. The maximum atomic E-state index is 12.7. The van der Waals surface area contributed by atoms with Crippen LogP contribution in [0.3, 0.4) is 0 Å². The van der Waals surface area contributed by atoms with Gasteiger partial charge in [0.2, 0.25) is 5.76 Å². The summed E-state index contributed by atoms with van der Waals surface area (Å²) in [5.41, 5.74) is 2.26. The average Bonchev–Trinajstić information content (AvgIpc) is 3.05. The lowest BCUT2D eigenvalue weighted by atomic mass is 10.0. The minimum absolute atomic E-state index is 0.0276. The van der Waals surface area contributed by atoms with Crippen molar-refractivity contribution < 1.29 is 19.1 Å². The van der Waals surface area contributed by atoms with Gasteiger partial charge in [-0.15, -0.1) is 0 Å². The number of hydrogen-bond acceptors (Lipinski definition) is 4. The fourth-order valence-corrected chi connectivity index (χ4v) is 3.71. The van der Waals surface area contributed by atoms with E-state index >= 15 is 0 Å². The third-order valence-electron chi connectivity index (χ3n) is 3.88. The molecule has 1 fully saturated rings. The Morgan fingerprint density at radius 3 is 2.52 bits per heavy atom. The Hall–Kier alpha value is -2.21. The molecule has 1 aromatic heterocycles. The van der Waals surface area contributed by atoms with Crippen LogP contribution in [0.5, 0.6) is 0 Å². The van der Waals surface area contributed by atoms with Crippen molar-refractivity contribution in [3.8, 4) is 0 Å². The zero-order valence-electron chi connectivity index (χ0n) is 12.7. The van der Waals surface area contributed by atoms with Gasteiger partial charge in [-0.05, 0) is 24.6 Å². The number of aryl methyl sites for hydroxylation is 1. The normalized spacial score (nSPS) is 18.0. The van der Waals surface area contributed by atoms with Crippen LogP contribution >= 0.6 is 11.8 Å². The third-order valence-corrected chi connectivity index (χ3v) is 4.90. The molecule has 1 amide bonds.